The maximum absolute atomic E-state index is 4.58. The fourth-order valence-electron chi connectivity index (χ4n) is 2.14. The number of hydrogen-bond acceptors (Lipinski definition) is 1. The fourth-order valence-corrected chi connectivity index (χ4v) is 2.67. The third-order valence-electron chi connectivity index (χ3n) is 3.12. The van der Waals surface area contributed by atoms with E-state index in [0.29, 0.717) is 0 Å². The summed E-state index contributed by atoms with van der Waals surface area (Å²) >= 11 is 2.31. The molecular weight excluding hydrogens is 335 g/mol. The summed E-state index contributed by atoms with van der Waals surface area (Å²) in [6.07, 6.45) is 1.96. The number of benzene rings is 1. The molecular formula is C15H17IN2. The molecule has 0 amide bonds. The number of aryl methyl sites for hydroxylation is 1. The van der Waals surface area contributed by atoms with E-state index in [1.54, 1.807) is 0 Å². The van der Waals surface area contributed by atoms with Crippen LogP contribution in [0, 0.1) is 17.4 Å². The molecule has 1 aromatic heterocycles. The molecule has 0 aliphatic carbocycles. The molecule has 18 heavy (non-hydrogen) atoms. The Morgan fingerprint density at radius 1 is 1.28 bits per heavy atom. The Balaban J connectivity index is 2.33. The van der Waals surface area contributed by atoms with Gasteiger partial charge in [-0.25, -0.2) is 0 Å². The quantitative estimate of drug-likeness (QED) is 0.573. The van der Waals surface area contributed by atoms with Crippen molar-refractivity contribution in [3.8, 4) is 0 Å². The minimum Gasteiger partial charge on any atom is -0.349 e. The van der Waals surface area contributed by atoms with Gasteiger partial charge in [-0.05, 0) is 61.6 Å². The predicted octanol–water partition coefficient (Wildman–Crippen LogP) is 4.48. The van der Waals surface area contributed by atoms with Crippen molar-refractivity contribution < 1.29 is 0 Å². The van der Waals surface area contributed by atoms with Gasteiger partial charge in [0.15, 0.2) is 0 Å². The third kappa shape index (κ3) is 2.66. The number of rotatable bonds is 3. The maximum Gasteiger partial charge on any atom is 0.0763 e. The molecule has 94 valence electrons. The van der Waals surface area contributed by atoms with Crippen LogP contribution in [0.4, 0.5) is 5.69 Å². The van der Waals surface area contributed by atoms with Crippen molar-refractivity contribution >= 4 is 34.5 Å². The van der Waals surface area contributed by atoms with Gasteiger partial charge in [0, 0.05) is 33.3 Å². The molecule has 0 spiro atoms. The van der Waals surface area contributed by atoms with Gasteiger partial charge in [0.1, 0.15) is 0 Å². The van der Waals surface area contributed by atoms with Crippen LogP contribution in [0.5, 0.6) is 0 Å². The highest BCUT2D eigenvalue weighted by Crippen LogP contribution is 2.21. The summed E-state index contributed by atoms with van der Waals surface area (Å²) in [6, 6.07) is 10.4. The van der Waals surface area contributed by atoms with Crippen molar-refractivity contribution in [2.45, 2.75) is 27.3 Å². The van der Waals surface area contributed by atoms with Crippen LogP contribution in [0.15, 0.2) is 35.3 Å². The molecule has 0 bridgehead atoms. The van der Waals surface area contributed by atoms with E-state index in [4.69, 9.17) is 0 Å². The second-order valence-corrected chi connectivity index (χ2v) is 5.44. The van der Waals surface area contributed by atoms with Crippen LogP contribution in [0.25, 0.3) is 0 Å². The van der Waals surface area contributed by atoms with E-state index in [-0.39, 0.29) is 0 Å². The molecule has 0 aliphatic heterocycles. The van der Waals surface area contributed by atoms with Gasteiger partial charge < -0.3 is 4.57 Å². The van der Waals surface area contributed by atoms with E-state index in [0.717, 1.165) is 12.2 Å². The summed E-state index contributed by atoms with van der Waals surface area (Å²) in [5.74, 6) is 0. The number of hydrogen-bond donors (Lipinski definition) is 0. The largest absolute Gasteiger partial charge is 0.349 e. The van der Waals surface area contributed by atoms with Crippen molar-refractivity contribution in [3.05, 3.63) is 50.9 Å². The lowest BCUT2D eigenvalue weighted by Gasteiger charge is -2.04. The van der Waals surface area contributed by atoms with Gasteiger partial charge >= 0.3 is 0 Å². The average molecular weight is 352 g/mol. The summed E-state index contributed by atoms with van der Waals surface area (Å²) in [6.45, 7) is 7.46. The molecule has 2 rings (SSSR count). The lowest BCUT2D eigenvalue weighted by Crippen LogP contribution is -1.99. The van der Waals surface area contributed by atoms with Crippen molar-refractivity contribution in [1.82, 2.24) is 4.57 Å². The summed E-state index contributed by atoms with van der Waals surface area (Å²) in [5, 5.41) is 0. The molecule has 0 saturated carbocycles. The monoisotopic (exact) mass is 352 g/mol. The number of para-hydroxylation sites is 1. The van der Waals surface area contributed by atoms with E-state index in [2.05, 4.69) is 65.1 Å². The smallest absolute Gasteiger partial charge is 0.0763 e. The first-order valence-electron chi connectivity index (χ1n) is 6.08. The van der Waals surface area contributed by atoms with Crippen LogP contribution in [-0.4, -0.2) is 10.8 Å². The minimum absolute atomic E-state index is 1.01. The number of halogens is 1. The Kier molecular flexibility index (Phi) is 4.22. The van der Waals surface area contributed by atoms with Crippen molar-refractivity contribution in [2.24, 2.45) is 4.99 Å². The normalized spacial score (nSPS) is 11.3. The molecule has 0 unspecified atom stereocenters. The number of aliphatic imine (C=N–C) groups is 1. The highest BCUT2D eigenvalue weighted by Gasteiger charge is 2.05. The van der Waals surface area contributed by atoms with Gasteiger partial charge in [0.2, 0.25) is 0 Å². The second-order valence-electron chi connectivity index (χ2n) is 4.28. The van der Waals surface area contributed by atoms with Gasteiger partial charge in [-0.2, -0.15) is 0 Å². The highest BCUT2D eigenvalue weighted by molar-refractivity contribution is 14.1. The summed E-state index contributed by atoms with van der Waals surface area (Å²) in [5.41, 5.74) is 4.80. The standard InChI is InChI=1S/C15H17IN2/c1-4-18-11(2)9-13(12(18)3)10-17-15-8-6-5-7-14(15)16/h5-10H,4H2,1-3H3. The Morgan fingerprint density at radius 3 is 2.61 bits per heavy atom. The molecule has 1 heterocycles. The Bertz CT molecular complexity index is 582. The highest BCUT2D eigenvalue weighted by atomic mass is 127. The minimum atomic E-state index is 1.01. The Morgan fingerprint density at radius 2 is 2.00 bits per heavy atom. The molecule has 1 aromatic carbocycles. The van der Waals surface area contributed by atoms with E-state index in [1.165, 1.54) is 20.5 Å². The number of nitrogens with zero attached hydrogens (tertiary/aromatic N) is 2. The first kappa shape index (κ1) is 13.3. The van der Waals surface area contributed by atoms with E-state index >= 15 is 0 Å². The van der Waals surface area contributed by atoms with Gasteiger partial charge in [0.25, 0.3) is 0 Å². The van der Waals surface area contributed by atoms with Gasteiger partial charge in [0.05, 0.1) is 5.69 Å². The fraction of sp³-hybridized carbons (Fsp3) is 0.267. The lowest BCUT2D eigenvalue weighted by molar-refractivity contribution is 0.718. The van der Waals surface area contributed by atoms with Crippen molar-refractivity contribution in [2.75, 3.05) is 0 Å². The molecule has 0 atom stereocenters. The average Bonchev–Trinajstić information content (AvgIpc) is 2.63. The summed E-state index contributed by atoms with van der Waals surface area (Å²) in [7, 11) is 0. The van der Waals surface area contributed by atoms with Crippen LogP contribution in [0.1, 0.15) is 23.9 Å². The zero-order valence-electron chi connectivity index (χ0n) is 10.9. The molecule has 2 nitrogen and oxygen atoms in total. The van der Waals surface area contributed by atoms with E-state index in [1.807, 2.05) is 24.4 Å². The third-order valence-corrected chi connectivity index (χ3v) is 4.04. The lowest BCUT2D eigenvalue weighted by atomic mass is 10.2. The summed E-state index contributed by atoms with van der Waals surface area (Å²) in [4.78, 5) is 4.58. The van der Waals surface area contributed by atoms with Crippen LogP contribution in [-0.2, 0) is 6.54 Å². The van der Waals surface area contributed by atoms with Gasteiger partial charge in [-0.3, -0.25) is 4.99 Å². The first-order chi connectivity index (χ1) is 8.63. The van der Waals surface area contributed by atoms with Crippen LogP contribution >= 0.6 is 22.6 Å². The van der Waals surface area contributed by atoms with Crippen LogP contribution in [0.3, 0.4) is 0 Å². The van der Waals surface area contributed by atoms with E-state index < -0.39 is 0 Å². The molecule has 2 aromatic rings. The summed E-state index contributed by atoms with van der Waals surface area (Å²) < 4.78 is 3.48. The molecule has 0 aliphatic rings. The molecule has 0 N–H and O–H groups in total. The predicted molar refractivity (Wildman–Crippen MR) is 86.0 cm³/mol. The topological polar surface area (TPSA) is 17.3 Å². The van der Waals surface area contributed by atoms with Crippen LogP contribution < -0.4 is 0 Å². The number of aromatic nitrogens is 1. The molecule has 0 fully saturated rings. The zero-order valence-corrected chi connectivity index (χ0v) is 13.1. The zero-order chi connectivity index (χ0) is 13.1. The van der Waals surface area contributed by atoms with Gasteiger partial charge in [-0.15, -0.1) is 0 Å². The molecule has 0 radical (unpaired) electrons. The van der Waals surface area contributed by atoms with Crippen molar-refractivity contribution in [3.63, 3.8) is 0 Å². The molecule has 0 saturated heterocycles. The first-order valence-corrected chi connectivity index (χ1v) is 7.16. The Hall–Kier alpha value is -1.10. The Labute approximate surface area is 122 Å². The maximum atomic E-state index is 4.58. The van der Waals surface area contributed by atoms with Crippen molar-refractivity contribution in [1.29, 1.82) is 0 Å². The second kappa shape index (κ2) is 5.69. The SMILES string of the molecule is CCn1c(C)cc(C=Nc2ccccc2I)c1C. The van der Waals surface area contributed by atoms with Crippen LogP contribution in [0.2, 0.25) is 0 Å². The molecule has 3 heteroatoms. The van der Waals surface area contributed by atoms with Gasteiger partial charge in [-0.1, -0.05) is 12.1 Å². The van der Waals surface area contributed by atoms with E-state index in [9.17, 15) is 0 Å².